The fraction of sp³-hybridized carbons (Fsp3) is 0.647. The van der Waals surface area contributed by atoms with Crippen LogP contribution < -0.4 is 10.1 Å². The second kappa shape index (κ2) is 6.95. The highest BCUT2D eigenvalue weighted by Crippen LogP contribution is 2.28. The molecule has 19 heavy (non-hydrogen) atoms. The Bertz CT molecular complexity index is 367. The first-order valence-electron chi connectivity index (χ1n) is 7.32. The molecule has 0 bridgehead atoms. The molecule has 0 aliphatic heterocycles. The lowest BCUT2D eigenvalue weighted by atomic mass is 9.82. The minimum atomic E-state index is 0.218. The van der Waals surface area contributed by atoms with Gasteiger partial charge in [0.05, 0.1) is 0 Å². The third-order valence-electron chi connectivity index (χ3n) is 3.96. The molecular weight excluding hydrogens is 234 g/mol. The fourth-order valence-electron chi connectivity index (χ4n) is 1.98. The van der Waals surface area contributed by atoms with Crippen molar-refractivity contribution in [2.45, 2.75) is 52.6 Å². The Morgan fingerprint density at radius 2 is 1.74 bits per heavy atom. The zero-order chi connectivity index (χ0) is 14.5. The summed E-state index contributed by atoms with van der Waals surface area (Å²) in [7, 11) is 1.96. The van der Waals surface area contributed by atoms with E-state index in [1.165, 1.54) is 5.56 Å². The number of hydrogen-bond acceptors (Lipinski definition) is 2. The Hall–Kier alpha value is -1.02. The summed E-state index contributed by atoms with van der Waals surface area (Å²) in [6.07, 6.45) is 1.36. The molecule has 0 fully saturated rings. The first-order valence-corrected chi connectivity index (χ1v) is 7.32. The lowest BCUT2D eigenvalue weighted by Gasteiger charge is -2.25. The van der Waals surface area contributed by atoms with E-state index in [1.807, 2.05) is 7.05 Å². The van der Waals surface area contributed by atoms with Crippen molar-refractivity contribution in [2.75, 3.05) is 13.6 Å². The van der Waals surface area contributed by atoms with Crippen molar-refractivity contribution in [2.24, 2.45) is 5.92 Å². The van der Waals surface area contributed by atoms with Gasteiger partial charge in [0.2, 0.25) is 0 Å². The van der Waals surface area contributed by atoms with E-state index in [2.05, 4.69) is 64.2 Å². The Morgan fingerprint density at radius 3 is 2.16 bits per heavy atom. The van der Waals surface area contributed by atoms with Crippen LogP contribution in [0.1, 0.15) is 46.6 Å². The molecular formula is C17H29NO. The largest absolute Gasteiger partial charge is 0.489 e. The predicted molar refractivity (Wildman–Crippen MR) is 82.9 cm³/mol. The molecule has 2 heteroatoms. The van der Waals surface area contributed by atoms with Crippen molar-refractivity contribution in [3.63, 3.8) is 0 Å². The number of nitrogens with one attached hydrogen (secondary N) is 1. The third kappa shape index (κ3) is 4.54. The van der Waals surface area contributed by atoms with Crippen LogP contribution in [-0.4, -0.2) is 19.7 Å². The molecule has 0 amide bonds. The molecule has 0 saturated heterocycles. The average Bonchev–Trinajstić information content (AvgIpc) is 2.38. The molecule has 1 atom stereocenters. The van der Waals surface area contributed by atoms with Gasteiger partial charge in [-0.25, -0.2) is 0 Å². The number of benzene rings is 1. The van der Waals surface area contributed by atoms with Gasteiger partial charge in [0.25, 0.3) is 0 Å². The molecule has 2 nitrogen and oxygen atoms in total. The van der Waals surface area contributed by atoms with E-state index in [4.69, 9.17) is 4.74 Å². The van der Waals surface area contributed by atoms with Crippen molar-refractivity contribution in [1.82, 2.24) is 5.32 Å². The van der Waals surface area contributed by atoms with E-state index in [9.17, 15) is 0 Å². The molecule has 0 spiro atoms. The molecule has 0 aromatic heterocycles. The quantitative estimate of drug-likeness (QED) is 0.803. The van der Waals surface area contributed by atoms with Crippen LogP contribution in [0.3, 0.4) is 0 Å². The molecule has 0 saturated carbocycles. The topological polar surface area (TPSA) is 21.3 Å². The second-order valence-electron chi connectivity index (χ2n) is 6.22. The minimum absolute atomic E-state index is 0.218. The lowest BCUT2D eigenvalue weighted by molar-refractivity contribution is 0.151. The summed E-state index contributed by atoms with van der Waals surface area (Å²) in [4.78, 5) is 0. The van der Waals surface area contributed by atoms with E-state index in [0.29, 0.717) is 5.92 Å². The molecule has 108 valence electrons. The standard InChI is InChI=1S/C17H29NO/c1-7-17(4,5)14-8-10-15(11-9-14)19-16(12-18-6)13(2)3/h8-11,13,16,18H,7,12H2,1-6H3. The molecule has 0 aliphatic carbocycles. The van der Waals surface area contributed by atoms with Gasteiger partial charge in [-0.1, -0.05) is 46.8 Å². The van der Waals surface area contributed by atoms with Crippen molar-refractivity contribution < 1.29 is 4.74 Å². The normalized spacial score (nSPS) is 13.6. The van der Waals surface area contributed by atoms with E-state index >= 15 is 0 Å². The summed E-state index contributed by atoms with van der Waals surface area (Å²) < 4.78 is 6.06. The summed E-state index contributed by atoms with van der Waals surface area (Å²) in [6.45, 7) is 12.0. The molecule has 0 radical (unpaired) electrons. The highest BCUT2D eigenvalue weighted by atomic mass is 16.5. The maximum Gasteiger partial charge on any atom is 0.119 e. The fourth-order valence-corrected chi connectivity index (χ4v) is 1.98. The molecule has 1 aromatic rings. The highest BCUT2D eigenvalue weighted by molar-refractivity contribution is 5.31. The van der Waals surface area contributed by atoms with Crippen LogP contribution >= 0.6 is 0 Å². The van der Waals surface area contributed by atoms with Gasteiger partial charge in [-0.05, 0) is 42.5 Å². The Kier molecular flexibility index (Phi) is 5.86. The summed E-state index contributed by atoms with van der Waals surface area (Å²) in [5.41, 5.74) is 1.61. The van der Waals surface area contributed by atoms with Crippen LogP contribution in [0.15, 0.2) is 24.3 Å². The predicted octanol–water partition coefficient (Wildman–Crippen LogP) is 4.00. The molecule has 1 unspecified atom stereocenters. The Labute approximate surface area is 118 Å². The van der Waals surface area contributed by atoms with E-state index in [0.717, 1.165) is 18.7 Å². The van der Waals surface area contributed by atoms with Crippen LogP contribution in [0.2, 0.25) is 0 Å². The second-order valence-corrected chi connectivity index (χ2v) is 6.22. The van der Waals surface area contributed by atoms with Crippen LogP contribution in [0.25, 0.3) is 0 Å². The van der Waals surface area contributed by atoms with Crippen LogP contribution in [0.5, 0.6) is 5.75 Å². The van der Waals surface area contributed by atoms with Crippen molar-refractivity contribution in [1.29, 1.82) is 0 Å². The van der Waals surface area contributed by atoms with Gasteiger partial charge in [0.15, 0.2) is 0 Å². The summed E-state index contributed by atoms with van der Waals surface area (Å²) in [6, 6.07) is 8.57. The van der Waals surface area contributed by atoms with Gasteiger partial charge in [-0.2, -0.15) is 0 Å². The van der Waals surface area contributed by atoms with Gasteiger partial charge in [0, 0.05) is 6.54 Å². The average molecular weight is 263 g/mol. The molecule has 0 aliphatic rings. The highest BCUT2D eigenvalue weighted by Gasteiger charge is 2.18. The first-order chi connectivity index (χ1) is 8.90. The van der Waals surface area contributed by atoms with Gasteiger partial charge in [-0.3, -0.25) is 0 Å². The van der Waals surface area contributed by atoms with Gasteiger partial charge < -0.3 is 10.1 Å². The zero-order valence-corrected chi connectivity index (χ0v) is 13.3. The van der Waals surface area contributed by atoms with Crippen LogP contribution in [0, 0.1) is 5.92 Å². The van der Waals surface area contributed by atoms with Crippen molar-refractivity contribution in [3.05, 3.63) is 29.8 Å². The maximum absolute atomic E-state index is 6.06. The minimum Gasteiger partial charge on any atom is -0.489 e. The number of likely N-dealkylation sites (N-methyl/N-ethyl adjacent to an activating group) is 1. The summed E-state index contributed by atoms with van der Waals surface area (Å²) in [5, 5.41) is 3.19. The lowest BCUT2D eigenvalue weighted by Crippen LogP contribution is -2.33. The van der Waals surface area contributed by atoms with E-state index < -0.39 is 0 Å². The van der Waals surface area contributed by atoms with Gasteiger partial charge in [-0.15, -0.1) is 0 Å². The number of ether oxygens (including phenoxy) is 1. The Morgan fingerprint density at radius 1 is 1.16 bits per heavy atom. The van der Waals surface area contributed by atoms with Crippen LogP contribution in [-0.2, 0) is 5.41 Å². The SMILES string of the molecule is CCC(C)(C)c1ccc(OC(CNC)C(C)C)cc1. The van der Waals surface area contributed by atoms with Crippen molar-refractivity contribution >= 4 is 0 Å². The zero-order valence-electron chi connectivity index (χ0n) is 13.3. The van der Waals surface area contributed by atoms with Crippen molar-refractivity contribution in [3.8, 4) is 5.75 Å². The van der Waals surface area contributed by atoms with Gasteiger partial charge in [0.1, 0.15) is 11.9 Å². The summed E-state index contributed by atoms with van der Waals surface area (Å²) in [5.74, 6) is 1.46. The molecule has 1 rings (SSSR count). The summed E-state index contributed by atoms with van der Waals surface area (Å²) >= 11 is 0. The molecule has 1 aromatic carbocycles. The molecule has 0 heterocycles. The smallest absolute Gasteiger partial charge is 0.119 e. The Balaban J connectivity index is 2.76. The third-order valence-corrected chi connectivity index (χ3v) is 3.96. The number of rotatable bonds is 7. The van der Waals surface area contributed by atoms with E-state index in [1.54, 1.807) is 0 Å². The molecule has 1 N–H and O–H groups in total. The monoisotopic (exact) mass is 263 g/mol. The van der Waals surface area contributed by atoms with E-state index in [-0.39, 0.29) is 11.5 Å². The number of hydrogen-bond donors (Lipinski definition) is 1. The van der Waals surface area contributed by atoms with Gasteiger partial charge >= 0.3 is 0 Å². The maximum atomic E-state index is 6.06. The van der Waals surface area contributed by atoms with Crippen LogP contribution in [0.4, 0.5) is 0 Å². The first kappa shape index (κ1) is 16.0.